The first-order valence-electron chi connectivity index (χ1n) is 9.15. The lowest BCUT2D eigenvalue weighted by Gasteiger charge is -2.28. The number of ether oxygens (including phenoxy) is 1. The van der Waals surface area contributed by atoms with E-state index in [9.17, 15) is 4.79 Å². The van der Waals surface area contributed by atoms with Gasteiger partial charge in [0.2, 0.25) is 0 Å². The molecule has 144 valence electrons. The van der Waals surface area contributed by atoms with E-state index in [1.54, 1.807) is 37.4 Å². The number of anilines is 2. The average Bonchev–Trinajstić information content (AvgIpc) is 2.73. The van der Waals surface area contributed by atoms with Crippen LogP contribution in [0, 0.1) is 0 Å². The van der Waals surface area contributed by atoms with Crippen LogP contribution < -0.4 is 15.0 Å². The first-order chi connectivity index (χ1) is 13.6. The minimum Gasteiger partial charge on any atom is -0.497 e. The predicted molar refractivity (Wildman–Crippen MR) is 111 cm³/mol. The van der Waals surface area contributed by atoms with Crippen LogP contribution in [-0.2, 0) is 6.54 Å². The number of rotatable bonds is 7. The van der Waals surface area contributed by atoms with Crippen LogP contribution in [0.25, 0.3) is 0 Å². The van der Waals surface area contributed by atoms with Crippen LogP contribution in [0.1, 0.15) is 29.9 Å². The quantitative estimate of drug-likeness (QED) is 0.671. The van der Waals surface area contributed by atoms with Gasteiger partial charge in [0.1, 0.15) is 23.6 Å². The second kappa shape index (κ2) is 8.99. The van der Waals surface area contributed by atoms with Gasteiger partial charge in [-0.05, 0) is 43.7 Å². The Bertz CT molecular complexity index is 911. The molecule has 0 fully saturated rings. The van der Waals surface area contributed by atoms with Crippen molar-refractivity contribution in [1.29, 1.82) is 0 Å². The van der Waals surface area contributed by atoms with Crippen molar-refractivity contribution in [3.63, 3.8) is 0 Å². The summed E-state index contributed by atoms with van der Waals surface area (Å²) in [5.41, 5.74) is 2.18. The summed E-state index contributed by atoms with van der Waals surface area (Å²) in [6.07, 6.45) is 1.43. The van der Waals surface area contributed by atoms with E-state index >= 15 is 0 Å². The van der Waals surface area contributed by atoms with Crippen molar-refractivity contribution >= 4 is 17.4 Å². The minimum atomic E-state index is -0.280. The van der Waals surface area contributed by atoms with Crippen LogP contribution in [-0.4, -0.2) is 29.0 Å². The molecule has 0 saturated carbocycles. The molecule has 0 aliphatic carbocycles. The van der Waals surface area contributed by atoms with E-state index in [1.807, 2.05) is 18.2 Å². The van der Waals surface area contributed by atoms with Gasteiger partial charge in [-0.15, -0.1) is 0 Å². The molecule has 2 aromatic carbocycles. The molecule has 28 heavy (non-hydrogen) atoms. The molecule has 1 N–H and O–H groups in total. The lowest BCUT2D eigenvalue weighted by atomic mass is 10.2. The van der Waals surface area contributed by atoms with Gasteiger partial charge in [0.15, 0.2) is 0 Å². The Kier molecular flexibility index (Phi) is 6.22. The Morgan fingerprint density at radius 1 is 1.07 bits per heavy atom. The number of carbonyl (C=O) groups excluding carboxylic acids is 1. The molecule has 3 aromatic rings. The van der Waals surface area contributed by atoms with E-state index in [-0.39, 0.29) is 11.9 Å². The third-order valence-corrected chi connectivity index (χ3v) is 4.35. The smallest absolute Gasteiger partial charge is 0.274 e. The summed E-state index contributed by atoms with van der Waals surface area (Å²) in [6.45, 7) is 4.90. The number of hydrogen-bond acceptors (Lipinski definition) is 5. The zero-order valence-electron chi connectivity index (χ0n) is 16.3. The Balaban J connectivity index is 1.78. The first-order valence-corrected chi connectivity index (χ1v) is 9.15. The fourth-order valence-electron chi connectivity index (χ4n) is 2.81. The van der Waals surface area contributed by atoms with Crippen molar-refractivity contribution in [3.8, 4) is 5.75 Å². The lowest BCUT2D eigenvalue weighted by molar-refractivity contribution is 0.102. The van der Waals surface area contributed by atoms with Gasteiger partial charge in [0.05, 0.1) is 7.11 Å². The van der Waals surface area contributed by atoms with Gasteiger partial charge in [0.25, 0.3) is 5.91 Å². The molecule has 0 atom stereocenters. The van der Waals surface area contributed by atoms with Crippen molar-refractivity contribution < 1.29 is 9.53 Å². The molecule has 0 saturated heterocycles. The number of benzene rings is 2. The van der Waals surface area contributed by atoms with Gasteiger partial charge in [-0.3, -0.25) is 4.79 Å². The van der Waals surface area contributed by atoms with Crippen molar-refractivity contribution in [3.05, 3.63) is 78.2 Å². The van der Waals surface area contributed by atoms with Gasteiger partial charge in [0, 0.05) is 24.3 Å². The topological polar surface area (TPSA) is 67.3 Å². The zero-order valence-corrected chi connectivity index (χ0v) is 16.3. The summed E-state index contributed by atoms with van der Waals surface area (Å²) in [5.74, 6) is 1.17. The highest BCUT2D eigenvalue weighted by molar-refractivity contribution is 6.03. The maximum Gasteiger partial charge on any atom is 0.274 e. The van der Waals surface area contributed by atoms with Crippen molar-refractivity contribution in [1.82, 2.24) is 9.97 Å². The first kappa shape index (κ1) is 19.4. The highest BCUT2D eigenvalue weighted by atomic mass is 16.5. The molecule has 0 aliphatic rings. The number of nitrogens with one attached hydrogen (secondary N) is 1. The molecule has 0 spiro atoms. The number of amides is 1. The van der Waals surface area contributed by atoms with Crippen LogP contribution in [0.4, 0.5) is 11.5 Å². The summed E-state index contributed by atoms with van der Waals surface area (Å²) in [5, 5.41) is 2.85. The minimum absolute atomic E-state index is 0.215. The lowest BCUT2D eigenvalue weighted by Crippen LogP contribution is -2.31. The Morgan fingerprint density at radius 2 is 1.79 bits per heavy atom. The van der Waals surface area contributed by atoms with Gasteiger partial charge in [-0.1, -0.05) is 30.3 Å². The largest absolute Gasteiger partial charge is 0.497 e. The molecular formula is C22H24N4O2. The standard InChI is InChI=1S/C22H24N4O2/c1-16(2)26(14-17-7-5-4-6-8-17)21-13-20(23-15-24-21)22(27)25-18-9-11-19(28-3)12-10-18/h4-13,15-16H,14H2,1-3H3,(H,25,27). The van der Waals surface area contributed by atoms with Crippen LogP contribution in [0.15, 0.2) is 67.0 Å². The molecule has 3 rings (SSSR count). The maximum atomic E-state index is 12.6. The maximum absolute atomic E-state index is 12.6. The SMILES string of the molecule is COc1ccc(NC(=O)c2cc(N(Cc3ccccc3)C(C)C)ncn2)cc1. The fraction of sp³-hybridized carbons (Fsp3) is 0.227. The van der Waals surface area contributed by atoms with Gasteiger partial charge >= 0.3 is 0 Å². The zero-order chi connectivity index (χ0) is 19.9. The Hall–Kier alpha value is -3.41. The van der Waals surface area contributed by atoms with Crippen molar-refractivity contribution in [2.75, 3.05) is 17.3 Å². The van der Waals surface area contributed by atoms with Crippen LogP contribution in [0.2, 0.25) is 0 Å². The van der Waals surface area contributed by atoms with Crippen LogP contribution >= 0.6 is 0 Å². The highest BCUT2D eigenvalue weighted by Gasteiger charge is 2.16. The van der Waals surface area contributed by atoms with E-state index in [0.717, 1.165) is 5.75 Å². The summed E-state index contributed by atoms with van der Waals surface area (Å²) in [7, 11) is 1.60. The molecular weight excluding hydrogens is 352 g/mol. The monoisotopic (exact) mass is 376 g/mol. The number of nitrogens with zero attached hydrogens (tertiary/aromatic N) is 3. The molecule has 6 nitrogen and oxygen atoms in total. The van der Waals surface area contributed by atoms with E-state index < -0.39 is 0 Å². The van der Waals surface area contributed by atoms with Crippen molar-refractivity contribution in [2.45, 2.75) is 26.4 Å². The summed E-state index contributed by atoms with van der Waals surface area (Å²) in [6, 6.07) is 19.3. The molecule has 6 heteroatoms. The third-order valence-electron chi connectivity index (χ3n) is 4.35. The molecule has 0 radical (unpaired) electrons. The molecule has 1 aromatic heterocycles. The molecule has 1 heterocycles. The van der Waals surface area contributed by atoms with E-state index in [2.05, 4.69) is 46.2 Å². The molecule has 1 amide bonds. The number of methoxy groups -OCH3 is 1. The van der Waals surface area contributed by atoms with Gasteiger partial charge < -0.3 is 15.0 Å². The second-order valence-electron chi connectivity index (χ2n) is 6.65. The van der Waals surface area contributed by atoms with E-state index in [4.69, 9.17) is 4.74 Å². The summed E-state index contributed by atoms with van der Waals surface area (Å²) >= 11 is 0. The average molecular weight is 376 g/mol. The van der Waals surface area contributed by atoms with Gasteiger partial charge in [-0.25, -0.2) is 9.97 Å². The third kappa shape index (κ3) is 4.85. The normalized spacial score (nSPS) is 10.6. The molecule has 0 bridgehead atoms. The Labute approximate surface area is 165 Å². The van der Waals surface area contributed by atoms with Crippen LogP contribution in [0.5, 0.6) is 5.75 Å². The van der Waals surface area contributed by atoms with Crippen molar-refractivity contribution in [2.24, 2.45) is 0 Å². The summed E-state index contributed by atoms with van der Waals surface area (Å²) < 4.78 is 5.13. The molecule has 0 aliphatic heterocycles. The highest BCUT2D eigenvalue weighted by Crippen LogP contribution is 2.19. The fourth-order valence-corrected chi connectivity index (χ4v) is 2.81. The van der Waals surface area contributed by atoms with Crippen LogP contribution in [0.3, 0.4) is 0 Å². The molecule has 0 unspecified atom stereocenters. The number of carbonyl (C=O) groups is 1. The predicted octanol–water partition coefficient (Wildman–Crippen LogP) is 4.15. The van der Waals surface area contributed by atoms with E-state index in [1.165, 1.54) is 11.9 Å². The number of hydrogen-bond donors (Lipinski definition) is 1. The van der Waals surface area contributed by atoms with Gasteiger partial charge in [-0.2, -0.15) is 0 Å². The second-order valence-corrected chi connectivity index (χ2v) is 6.65. The van der Waals surface area contributed by atoms with E-state index in [0.29, 0.717) is 23.7 Å². The summed E-state index contributed by atoms with van der Waals surface area (Å²) in [4.78, 5) is 23.3. The Morgan fingerprint density at radius 3 is 2.43 bits per heavy atom. The number of aromatic nitrogens is 2.